The number of methoxy groups -OCH3 is 1. The minimum absolute atomic E-state index is 0.191. The van der Waals surface area contributed by atoms with Crippen molar-refractivity contribution in [2.24, 2.45) is 0 Å². The third-order valence-corrected chi connectivity index (χ3v) is 4.94. The van der Waals surface area contributed by atoms with Crippen LogP contribution in [0.15, 0.2) is 58.2 Å². The number of hydrogen-bond donors (Lipinski definition) is 1. The van der Waals surface area contributed by atoms with Gasteiger partial charge in [0.1, 0.15) is 5.75 Å². The quantitative estimate of drug-likeness (QED) is 0.587. The zero-order valence-electron chi connectivity index (χ0n) is 14.8. The molecule has 3 aromatic rings. The number of carbonyl (C=O) groups excluding carboxylic acids is 1. The maximum Gasteiger partial charge on any atom is 0.277 e. The number of nitrogens with zero attached hydrogens (tertiary/aromatic N) is 2. The molecule has 3 rings (SSSR count). The van der Waals surface area contributed by atoms with Crippen molar-refractivity contribution in [2.45, 2.75) is 23.8 Å². The Hall–Kier alpha value is -2.51. The van der Waals surface area contributed by atoms with E-state index in [4.69, 9.17) is 20.8 Å². The first kappa shape index (κ1) is 19.3. The molecule has 1 amide bonds. The lowest BCUT2D eigenvalue weighted by molar-refractivity contribution is -0.115. The monoisotopic (exact) mass is 403 g/mol. The molecule has 0 fully saturated rings. The Morgan fingerprint density at radius 3 is 2.74 bits per heavy atom. The summed E-state index contributed by atoms with van der Waals surface area (Å²) in [6, 6.07) is 14.9. The van der Waals surface area contributed by atoms with E-state index < -0.39 is 5.25 Å². The SMILES string of the molecule is COc1ccc(NC(=O)[C@@H](C)Sc2nnc(Cc3ccccc3)o2)cc1Cl. The number of anilines is 1. The smallest absolute Gasteiger partial charge is 0.277 e. The average molecular weight is 404 g/mol. The molecule has 1 atom stereocenters. The first-order chi connectivity index (χ1) is 13.0. The van der Waals surface area contributed by atoms with Crippen molar-refractivity contribution in [3.63, 3.8) is 0 Å². The number of halogens is 1. The molecule has 27 heavy (non-hydrogen) atoms. The maximum absolute atomic E-state index is 12.4. The average Bonchev–Trinajstić information content (AvgIpc) is 3.09. The van der Waals surface area contributed by atoms with Gasteiger partial charge in [0.2, 0.25) is 11.8 Å². The molecule has 0 radical (unpaired) electrons. The van der Waals surface area contributed by atoms with Crippen molar-refractivity contribution in [3.05, 3.63) is 65.0 Å². The van der Waals surface area contributed by atoms with Gasteiger partial charge in [-0.05, 0) is 30.7 Å². The van der Waals surface area contributed by atoms with Crippen LogP contribution in [-0.4, -0.2) is 28.5 Å². The number of rotatable bonds is 7. The molecule has 1 aromatic heterocycles. The lowest BCUT2D eigenvalue weighted by Gasteiger charge is -2.11. The van der Waals surface area contributed by atoms with E-state index in [0.29, 0.717) is 34.0 Å². The standard InChI is InChI=1S/C19H18ClN3O3S/c1-12(18(24)21-14-8-9-16(25-2)15(20)11-14)27-19-23-22-17(26-19)10-13-6-4-3-5-7-13/h3-9,11-12H,10H2,1-2H3,(H,21,24)/t12-/m1/s1. The number of aromatic nitrogens is 2. The normalized spacial score (nSPS) is 11.8. The van der Waals surface area contributed by atoms with Crippen LogP contribution in [0.25, 0.3) is 0 Å². The van der Waals surface area contributed by atoms with Crippen LogP contribution in [-0.2, 0) is 11.2 Å². The fraction of sp³-hybridized carbons (Fsp3) is 0.211. The highest BCUT2D eigenvalue weighted by atomic mass is 35.5. The topological polar surface area (TPSA) is 77.2 Å². The van der Waals surface area contributed by atoms with Crippen LogP contribution in [0.5, 0.6) is 5.75 Å². The Morgan fingerprint density at radius 1 is 1.26 bits per heavy atom. The second kappa shape index (κ2) is 8.92. The van der Waals surface area contributed by atoms with Gasteiger partial charge in [-0.3, -0.25) is 4.79 Å². The van der Waals surface area contributed by atoms with E-state index in [9.17, 15) is 4.79 Å². The summed E-state index contributed by atoms with van der Waals surface area (Å²) >= 11 is 7.28. The van der Waals surface area contributed by atoms with E-state index in [1.165, 1.54) is 18.9 Å². The zero-order valence-corrected chi connectivity index (χ0v) is 16.4. The first-order valence-electron chi connectivity index (χ1n) is 8.22. The van der Waals surface area contributed by atoms with Gasteiger partial charge >= 0.3 is 0 Å². The molecule has 2 aromatic carbocycles. The highest BCUT2D eigenvalue weighted by molar-refractivity contribution is 8.00. The molecule has 0 saturated carbocycles. The number of benzene rings is 2. The Bertz CT molecular complexity index is 918. The predicted octanol–water partition coefficient (Wildman–Crippen LogP) is 4.44. The van der Waals surface area contributed by atoms with Crippen LogP contribution in [0.3, 0.4) is 0 Å². The molecule has 0 aliphatic carbocycles. The van der Waals surface area contributed by atoms with Crippen molar-refractivity contribution < 1.29 is 13.9 Å². The second-order valence-corrected chi connectivity index (χ2v) is 7.42. The molecule has 0 saturated heterocycles. The summed E-state index contributed by atoms with van der Waals surface area (Å²) in [5.74, 6) is 0.871. The van der Waals surface area contributed by atoms with Gasteiger partial charge in [-0.2, -0.15) is 0 Å². The predicted molar refractivity (Wildman–Crippen MR) is 105 cm³/mol. The van der Waals surface area contributed by atoms with E-state index >= 15 is 0 Å². The first-order valence-corrected chi connectivity index (χ1v) is 9.48. The molecule has 0 unspecified atom stereocenters. The van der Waals surface area contributed by atoms with Crippen LogP contribution >= 0.6 is 23.4 Å². The van der Waals surface area contributed by atoms with Crippen LogP contribution in [0.2, 0.25) is 5.02 Å². The highest BCUT2D eigenvalue weighted by Gasteiger charge is 2.19. The van der Waals surface area contributed by atoms with Crippen molar-refractivity contribution in [1.29, 1.82) is 0 Å². The van der Waals surface area contributed by atoms with E-state index in [0.717, 1.165) is 5.56 Å². The summed E-state index contributed by atoms with van der Waals surface area (Å²) in [6.45, 7) is 1.77. The largest absolute Gasteiger partial charge is 0.495 e. The number of amides is 1. The van der Waals surface area contributed by atoms with E-state index in [1.54, 1.807) is 25.1 Å². The van der Waals surface area contributed by atoms with Gasteiger partial charge in [-0.25, -0.2) is 0 Å². The molecule has 1 heterocycles. The van der Waals surface area contributed by atoms with Gasteiger partial charge in [0, 0.05) is 5.69 Å². The maximum atomic E-state index is 12.4. The zero-order chi connectivity index (χ0) is 19.2. The molecule has 1 N–H and O–H groups in total. The summed E-state index contributed by atoms with van der Waals surface area (Å²) in [5, 5.41) is 11.2. The molecule has 0 aliphatic heterocycles. The van der Waals surface area contributed by atoms with Crippen LogP contribution in [0, 0.1) is 0 Å². The lowest BCUT2D eigenvalue weighted by Crippen LogP contribution is -2.22. The van der Waals surface area contributed by atoms with Gasteiger partial charge in [-0.15, -0.1) is 10.2 Å². The fourth-order valence-corrected chi connectivity index (χ4v) is 3.28. The Balaban J connectivity index is 1.57. The van der Waals surface area contributed by atoms with Gasteiger partial charge in [0.05, 0.1) is 23.8 Å². The van der Waals surface area contributed by atoms with Crippen LogP contribution in [0.1, 0.15) is 18.4 Å². The van der Waals surface area contributed by atoms with Crippen LogP contribution in [0.4, 0.5) is 5.69 Å². The number of nitrogens with one attached hydrogen (secondary N) is 1. The van der Waals surface area contributed by atoms with Crippen molar-refractivity contribution >= 4 is 35.0 Å². The third kappa shape index (κ3) is 5.24. The van der Waals surface area contributed by atoms with Crippen molar-refractivity contribution in [1.82, 2.24) is 10.2 Å². The Kier molecular flexibility index (Phi) is 6.36. The summed E-state index contributed by atoms with van der Waals surface area (Å²) < 4.78 is 10.7. The summed E-state index contributed by atoms with van der Waals surface area (Å²) in [5.41, 5.74) is 1.67. The van der Waals surface area contributed by atoms with Crippen LogP contribution < -0.4 is 10.1 Å². The Labute approximate surface area is 166 Å². The van der Waals surface area contributed by atoms with Gasteiger partial charge in [0.15, 0.2) is 0 Å². The number of thioether (sulfide) groups is 1. The number of ether oxygens (including phenoxy) is 1. The molecule has 0 aliphatic rings. The highest BCUT2D eigenvalue weighted by Crippen LogP contribution is 2.28. The Morgan fingerprint density at radius 2 is 2.04 bits per heavy atom. The number of carbonyl (C=O) groups is 1. The van der Waals surface area contributed by atoms with Crippen molar-refractivity contribution in [3.8, 4) is 5.75 Å². The molecule has 8 heteroatoms. The molecule has 0 spiro atoms. The van der Waals surface area contributed by atoms with E-state index in [2.05, 4.69) is 15.5 Å². The molecular formula is C19H18ClN3O3S. The van der Waals surface area contributed by atoms with Gasteiger partial charge in [-0.1, -0.05) is 53.7 Å². The van der Waals surface area contributed by atoms with Gasteiger partial charge in [0.25, 0.3) is 5.22 Å². The van der Waals surface area contributed by atoms with Crippen molar-refractivity contribution in [2.75, 3.05) is 12.4 Å². The molecule has 140 valence electrons. The molecule has 0 bridgehead atoms. The molecular weight excluding hydrogens is 386 g/mol. The van der Waals surface area contributed by atoms with E-state index in [1.807, 2.05) is 30.3 Å². The second-order valence-electron chi connectivity index (χ2n) is 5.72. The minimum atomic E-state index is -0.420. The number of hydrogen-bond acceptors (Lipinski definition) is 6. The van der Waals surface area contributed by atoms with E-state index in [-0.39, 0.29) is 5.91 Å². The minimum Gasteiger partial charge on any atom is -0.495 e. The third-order valence-electron chi connectivity index (χ3n) is 3.71. The summed E-state index contributed by atoms with van der Waals surface area (Å²) in [6.07, 6.45) is 0.555. The lowest BCUT2D eigenvalue weighted by atomic mass is 10.2. The summed E-state index contributed by atoms with van der Waals surface area (Å²) in [7, 11) is 1.54. The fourth-order valence-electron chi connectivity index (χ4n) is 2.32. The summed E-state index contributed by atoms with van der Waals surface area (Å²) in [4.78, 5) is 12.4. The molecule has 6 nitrogen and oxygen atoms in total. The van der Waals surface area contributed by atoms with Gasteiger partial charge < -0.3 is 14.5 Å².